The van der Waals surface area contributed by atoms with Crippen LogP contribution in [0.1, 0.15) is 16.5 Å². The number of alkyl halides is 1. The molecule has 0 heterocycles. The number of para-hydroxylation sites is 1. The van der Waals surface area contributed by atoms with Gasteiger partial charge >= 0.3 is 0 Å². The van der Waals surface area contributed by atoms with Gasteiger partial charge in [-0.05, 0) is 12.1 Å². The van der Waals surface area contributed by atoms with E-state index in [1.54, 1.807) is 25.3 Å². The number of hydrogen-bond acceptors (Lipinski definition) is 2. The van der Waals surface area contributed by atoms with Crippen LogP contribution in [0.2, 0.25) is 0 Å². The maximum atomic E-state index is 14.0. The molecule has 0 aliphatic rings. The lowest BCUT2D eigenvalue weighted by Gasteiger charge is -2.15. The summed E-state index contributed by atoms with van der Waals surface area (Å²) in [7, 11) is 3.06. The molecule has 0 bridgehead atoms. The molecule has 0 saturated carbocycles. The van der Waals surface area contributed by atoms with Crippen LogP contribution in [0, 0.1) is 5.82 Å². The molecule has 2 aromatic carbocycles. The zero-order valence-corrected chi connectivity index (χ0v) is 11.4. The molecule has 0 spiro atoms. The number of rotatable bonds is 4. The van der Waals surface area contributed by atoms with Gasteiger partial charge in [0.2, 0.25) is 0 Å². The van der Waals surface area contributed by atoms with Gasteiger partial charge in [0, 0.05) is 17.2 Å². The van der Waals surface area contributed by atoms with Crippen molar-refractivity contribution in [3.63, 3.8) is 0 Å². The SMILES string of the molecule is COc1ccc(C(Cl)c2ccccc2OC)c(F)c1. The average Bonchev–Trinajstić information content (AvgIpc) is 2.46. The first-order chi connectivity index (χ1) is 9.17. The maximum absolute atomic E-state index is 14.0. The van der Waals surface area contributed by atoms with Crippen LogP contribution in [0.15, 0.2) is 42.5 Å². The molecule has 2 nitrogen and oxygen atoms in total. The molecule has 0 aromatic heterocycles. The molecule has 0 saturated heterocycles. The second-order valence-corrected chi connectivity index (χ2v) is 4.43. The van der Waals surface area contributed by atoms with Gasteiger partial charge in [-0.2, -0.15) is 0 Å². The molecular weight excluding hydrogens is 267 g/mol. The van der Waals surface area contributed by atoms with E-state index in [1.807, 2.05) is 18.2 Å². The van der Waals surface area contributed by atoms with Gasteiger partial charge < -0.3 is 9.47 Å². The highest BCUT2D eigenvalue weighted by Gasteiger charge is 2.19. The Morgan fingerprint density at radius 2 is 1.74 bits per heavy atom. The lowest BCUT2D eigenvalue weighted by molar-refractivity contribution is 0.408. The van der Waals surface area contributed by atoms with Crippen molar-refractivity contribution in [2.45, 2.75) is 5.38 Å². The third-order valence-corrected chi connectivity index (χ3v) is 3.36. The molecule has 0 aliphatic carbocycles. The van der Waals surface area contributed by atoms with Crippen LogP contribution in [-0.2, 0) is 0 Å². The van der Waals surface area contributed by atoms with Gasteiger partial charge in [-0.3, -0.25) is 0 Å². The van der Waals surface area contributed by atoms with Crippen molar-refractivity contribution in [2.75, 3.05) is 14.2 Å². The Morgan fingerprint density at radius 1 is 1.00 bits per heavy atom. The van der Waals surface area contributed by atoms with Crippen molar-refractivity contribution in [1.29, 1.82) is 0 Å². The predicted octanol–water partition coefficient (Wildman–Crippen LogP) is 4.17. The van der Waals surface area contributed by atoms with Crippen LogP contribution in [0.4, 0.5) is 4.39 Å². The molecule has 0 radical (unpaired) electrons. The molecule has 2 aromatic rings. The lowest BCUT2D eigenvalue weighted by Crippen LogP contribution is -2.00. The van der Waals surface area contributed by atoms with Gasteiger partial charge in [0.05, 0.1) is 19.6 Å². The first-order valence-corrected chi connectivity index (χ1v) is 6.21. The maximum Gasteiger partial charge on any atom is 0.131 e. The fourth-order valence-corrected chi connectivity index (χ4v) is 2.24. The Hall–Kier alpha value is -1.74. The largest absolute Gasteiger partial charge is 0.497 e. The third kappa shape index (κ3) is 2.82. The van der Waals surface area contributed by atoms with Crippen LogP contribution >= 0.6 is 11.6 Å². The van der Waals surface area contributed by atoms with E-state index in [2.05, 4.69) is 0 Å². The van der Waals surface area contributed by atoms with E-state index in [0.29, 0.717) is 17.1 Å². The molecule has 19 heavy (non-hydrogen) atoms. The number of ether oxygens (including phenoxy) is 2. The molecular formula is C15H14ClFO2. The number of methoxy groups -OCH3 is 2. The molecule has 100 valence electrons. The van der Waals surface area contributed by atoms with Gasteiger partial charge in [-0.25, -0.2) is 4.39 Å². The van der Waals surface area contributed by atoms with Crippen molar-refractivity contribution >= 4 is 11.6 Å². The zero-order valence-electron chi connectivity index (χ0n) is 10.7. The second-order valence-electron chi connectivity index (χ2n) is 3.99. The van der Waals surface area contributed by atoms with Crippen molar-refractivity contribution < 1.29 is 13.9 Å². The van der Waals surface area contributed by atoms with E-state index in [4.69, 9.17) is 21.1 Å². The highest BCUT2D eigenvalue weighted by molar-refractivity contribution is 6.22. The van der Waals surface area contributed by atoms with Crippen LogP contribution in [-0.4, -0.2) is 14.2 Å². The quantitative estimate of drug-likeness (QED) is 0.783. The molecule has 2 rings (SSSR count). The summed E-state index contributed by atoms with van der Waals surface area (Å²) >= 11 is 6.36. The fraction of sp³-hybridized carbons (Fsp3) is 0.200. The molecule has 0 N–H and O–H groups in total. The summed E-state index contributed by atoms with van der Waals surface area (Å²) in [4.78, 5) is 0. The van der Waals surface area contributed by atoms with Gasteiger partial charge in [-0.1, -0.05) is 24.3 Å². The number of benzene rings is 2. The minimum Gasteiger partial charge on any atom is -0.497 e. The van der Waals surface area contributed by atoms with Gasteiger partial charge in [0.25, 0.3) is 0 Å². The Labute approximate surface area is 116 Å². The highest BCUT2D eigenvalue weighted by atomic mass is 35.5. The molecule has 0 aliphatic heterocycles. The Bertz CT molecular complexity index is 572. The van der Waals surface area contributed by atoms with Gasteiger partial charge in [0.15, 0.2) is 0 Å². The highest BCUT2D eigenvalue weighted by Crippen LogP contribution is 2.36. The van der Waals surface area contributed by atoms with Crippen LogP contribution in [0.5, 0.6) is 11.5 Å². The molecule has 0 fully saturated rings. The first-order valence-electron chi connectivity index (χ1n) is 5.77. The van der Waals surface area contributed by atoms with E-state index in [0.717, 1.165) is 5.56 Å². The fourth-order valence-electron chi connectivity index (χ4n) is 1.88. The second kappa shape index (κ2) is 5.93. The van der Waals surface area contributed by atoms with Crippen molar-refractivity contribution in [1.82, 2.24) is 0 Å². The molecule has 4 heteroatoms. The number of hydrogen-bond donors (Lipinski definition) is 0. The lowest BCUT2D eigenvalue weighted by atomic mass is 10.0. The summed E-state index contributed by atoms with van der Waals surface area (Å²) in [5, 5.41) is -0.609. The summed E-state index contributed by atoms with van der Waals surface area (Å²) in [5.74, 6) is 0.702. The van der Waals surface area contributed by atoms with Crippen LogP contribution < -0.4 is 9.47 Å². The van der Waals surface area contributed by atoms with Crippen molar-refractivity contribution in [3.8, 4) is 11.5 Å². The Balaban J connectivity index is 2.41. The normalized spacial score (nSPS) is 12.0. The molecule has 0 amide bonds. The molecule has 1 atom stereocenters. The Morgan fingerprint density at radius 3 is 2.37 bits per heavy atom. The van der Waals surface area contributed by atoms with Crippen LogP contribution in [0.25, 0.3) is 0 Å². The van der Waals surface area contributed by atoms with E-state index < -0.39 is 11.2 Å². The van der Waals surface area contributed by atoms with Crippen molar-refractivity contribution in [3.05, 3.63) is 59.4 Å². The van der Waals surface area contributed by atoms with Gasteiger partial charge in [-0.15, -0.1) is 11.6 Å². The summed E-state index contributed by atoms with van der Waals surface area (Å²) in [6, 6.07) is 11.9. The van der Waals surface area contributed by atoms with E-state index >= 15 is 0 Å². The topological polar surface area (TPSA) is 18.5 Å². The van der Waals surface area contributed by atoms with Crippen molar-refractivity contribution in [2.24, 2.45) is 0 Å². The van der Waals surface area contributed by atoms with Gasteiger partial charge in [0.1, 0.15) is 17.3 Å². The third-order valence-electron chi connectivity index (χ3n) is 2.89. The average molecular weight is 281 g/mol. The predicted molar refractivity (Wildman–Crippen MR) is 73.6 cm³/mol. The van der Waals surface area contributed by atoms with Crippen LogP contribution in [0.3, 0.4) is 0 Å². The smallest absolute Gasteiger partial charge is 0.131 e. The standard InChI is InChI=1S/C15H14ClFO2/c1-18-10-7-8-11(13(17)9-10)15(16)12-5-3-4-6-14(12)19-2/h3-9,15H,1-2H3. The van der Waals surface area contributed by atoms with E-state index in [-0.39, 0.29) is 0 Å². The minimum absolute atomic E-state index is 0.395. The summed E-state index contributed by atoms with van der Waals surface area (Å²) in [6.45, 7) is 0. The summed E-state index contributed by atoms with van der Waals surface area (Å²) in [5.41, 5.74) is 1.13. The zero-order chi connectivity index (χ0) is 13.8. The number of halogens is 2. The summed E-state index contributed by atoms with van der Waals surface area (Å²) < 4.78 is 24.2. The summed E-state index contributed by atoms with van der Waals surface area (Å²) in [6.07, 6.45) is 0. The van der Waals surface area contributed by atoms with E-state index in [1.165, 1.54) is 13.2 Å². The molecule has 1 unspecified atom stereocenters. The minimum atomic E-state index is -0.609. The van der Waals surface area contributed by atoms with E-state index in [9.17, 15) is 4.39 Å². The monoisotopic (exact) mass is 280 g/mol. The first kappa shape index (κ1) is 13.7. The Kier molecular flexibility index (Phi) is 4.27.